The minimum Gasteiger partial charge on any atom is -0.481 e. The summed E-state index contributed by atoms with van der Waals surface area (Å²) >= 11 is 12.2. The normalized spacial score (nSPS) is 16.8. The van der Waals surface area contributed by atoms with E-state index in [-0.39, 0.29) is 47.2 Å². The summed E-state index contributed by atoms with van der Waals surface area (Å²) in [6.07, 6.45) is 6.56. The molecule has 1 saturated heterocycles. The monoisotopic (exact) mass is 672 g/mol. The first-order chi connectivity index (χ1) is 22.0. The fourth-order valence-corrected chi connectivity index (χ4v) is 6.93. The average Bonchev–Trinajstić information content (AvgIpc) is 3.48. The number of carbonyl (C=O) groups is 5. The van der Waals surface area contributed by atoms with E-state index in [0.29, 0.717) is 31.5 Å². The van der Waals surface area contributed by atoms with E-state index < -0.39 is 35.8 Å². The van der Waals surface area contributed by atoms with Crippen molar-refractivity contribution >= 4 is 52.8 Å². The lowest BCUT2D eigenvalue weighted by molar-refractivity contribution is -0.138. The van der Waals surface area contributed by atoms with E-state index in [0.717, 1.165) is 18.4 Å². The molecule has 1 saturated carbocycles. The lowest BCUT2D eigenvalue weighted by Gasteiger charge is -2.40. The van der Waals surface area contributed by atoms with Crippen LogP contribution in [0.5, 0.6) is 0 Å². The number of nitrogens with zero attached hydrogens (tertiary/aromatic N) is 1. The molecule has 248 valence electrons. The smallest absolute Gasteiger partial charge is 0.303 e. The van der Waals surface area contributed by atoms with Gasteiger partial charge in [-0.25, -0.2) is 0 Å². The summed E-state index contributed by atoms with van der Waals surface area (Å²) in [5, 5.41) is 17.9. The Balaban J connectivity index is 1.39. The molecule has 1 heterocycles. The van der Waals surface area contributed by atoms with Gasteiger partial charge in [-0.1, -0.05) is 66.4 Å². The number of amides is 4. The van der Waals surface area contributed by atoms with Crippen LogP contribution in [0.15, 0.2) is 48.5 Å². The van der Waals surface area contributed by atoms with Gasteiger partial charge in [0.25, 0.3) is 5.91 Å². The van der Waals surface area contributed by atoms with Gasteiger partial charge >= 0.3 is 5.97 Å². The van der Waals surface area contributed by atoms with Gasteiger partial charge in [0, 0.05) is 48.1 Å². The maximum Gasteiger partial charge on any atom is 0.303 e. The molecule has 1 unspecified atom stereocenters. The third kappa shape index (κ3) is 10.5. The quantitative estimate of drug-likeness (QED) is 0.228. The van der Waals surface area contributed by atoms with Crippen LogP contribution in [-0.4, -0.2) is 71.3 Å². The second-order valence-corrected chi connectivity index (χ2v) is 13.2. The summed E-state index contributed by atoms with van der Waals surface area (Å²) < 4.78 is 0. The molecule has 2 aromatic rings. The highest BCUT2D eigenvalue weighted by Crippen LogP contribution is 2.46. The first-order valence-electron chi connectivity index (χ1n) is 15.9. The van der Waals surface area contributed by atoms with Crippen molar-refractivity contribution in [2.24, 2.45) is 5.41 Å². The molecule has 4 amide bonds. The zero-order valence-corrected chi connectivity index (χ0v) is 27.4. The molecule has 0 radical (unpaired) electrons. The van der Waals surface area contributed by atoms with Gasteiger partial charge < -0.3 is 26.0 Å². The molecule has 4 rings (SSSR count). The maximum absolute atomic E-state index is 13.8. The van der Waals surface area contributed by atoms with Crippen LogP contribution >= 0.6 is 23.2 Å². The topological polar surface area (TPSA) is 145 Å². The molecule has 12 heteroatoms. The molecule has 1 spiro atoms. The molecule has 0 aromatic heterocycles. The highest BCUT2D eigenvalue weighted by Gasteiger charge is 2.39. The second kappa shape index (κ2) is 16.8. The number of hydrogen-bond donors (Lipinski definition) is 4. The van der Waals surface area contributed by atoms with E-state index in [4.69, 9.17) is 23.2 Å². The summed E-state index contributed by atoms with van der Waals surface area (Å²) in [5.41, 5.74) is 1.50. The average molecular weight is 674 g/mol. The first kappa shape index (κ1) is 35.2. The van der Waals surface area contributed by atoms with Crippen LogP contribution in [0.25, 0.3) is 0 Å². The summed E-state index contributed by atoms with van der Waals surface area (Å²) in [7, 11) is 0. The minimum atomic E-state index is -1.09. The highest BCUT2D eigenvalue weighted by molar-refractivity contribution is 6.35. The van der Waals surface area contributed by atoms with E-state index in [9.17, 15) is 29.1 Å². The second-order valence-electron chi connectivity index (χ2n) is 12.3. The van der Waals surface area contributed by atoms with Crippen LogP contribution in [0.4, 0.5) is 0 Å². The number of benzene rings is 2. The van der Waals surface area contributed by atoms with Gasteiger partial charge in [0.1, 0.15) is 12.1 Å². The molecule has 1 aliphatic carbocycles. The Hall–Kier alpha value is -3.63. The molecule has 2 aliphatic rings. The van der Waals surface area contributed by atoms with Crippen molar-refractivity contribution in [1.82, 2.24) is 20.9 Å². The Morgan fingerprint density at radius 1 is 0.826 bits per heavy atom. The van der Waals surface area contributed by atoms with E-state index in [1.54, 1.807) is 4.90 Å². The van der Waals surface area contributed by atoms with E-state index in [2.05, 4.69) is 16.0 Å². The molecule has 46 heavy (non-hydrogen) atoms. The number of halogens is 2. The van der Waals surface area contributed by atoms with Gasteiger partial charge in [0.2, 0.25) is 17.7 Å². The highest BCUT2D eigenvalue weighted by atomic mass is 35.5. The predicted molar refractivity (Wildman–Crippen MR) is 176 cm³/mol. The van der Waals surface area contributed by atoms with Gasteiger partial charge in [-0.2, -0.15) is 0 Å². The third-order valence-corrected chi connectivity index (χ3v) is 9.48. The number of aliphatic carboxylic acids is 1. The van der Waals surface area contributed by atoms with Crippen LogP contribution in [0.3, 0.4) is 0 Å². The van der Waals surface area contributed by atoms with Gasteiger partial charge in [-0.15, -0.1) is 0 Å². The number of rotatable bonds is 14. The van der Waals surface area contributed by atoms with E-state index >= 15 is 0 Å². The first-order valence-corrected chi connectivity index (χ1v) is 16.7. The van der Waals surface area contributed by atoms with E-state index in [1.165, 1.54) is 43.9 Å². The Kier molecular flexibility index (Phi) is 12.9. The summed E-state index contributed by atoms with van der Waals surface area (Å²) in [6.45, 7) is 1.48. The molecule has 10 nitrogen and oxygen atoms in total. The zero-order chi connectivity index (χ0) is 33.1. The van der Waals surface area contributed by atoms with Crippen molar-refractivity contribution in [3.05, 3.63) is 69.7 Å². The Morgan fingerprint density at radius 2 is 1.46 bits per heavy atom. The lowest BCUT2D eigenvalue weighted by Crippen LogP contribution is -2.52. The van der Waals surface area contributed by atoms with Crippen molar-refractivity contribution in [1.29, 1.82) is 0 Å². The number of carbonyl (C=O) groups excluding carboxylic acids is 4. The van der Waals surface area contributed by atoms with Crippen molar-refractivity contribution < 1.29 is 29.1 Å². The van der Waals surface area contributed by atoms with Crippen molar-refractivity contribution in [2.75, 3.05) is 19.6 Å². The Labute approximate surface area is 279 Å². The fraction of sp³-hybridized carbons (Fsp3) is 0.500. The number of nitrogens with one attached hydrogen (secondary N) is 3. The standard InChI is InChI=1S/C34H42Cl2N4O6/c35-25-20-24(21-26(36)22-25)31(44)39-28(33(46)40-18-15-34(16-19-40)13-4-5-14-34)8-10-29(41)38-27(9-11-30(42)43)32(45)37-17-12-23-6-2-1-3-7-23/h1-3,6-7,20-22,27-28H,4-5,8-19H2,(H,37,45)(H,38,41)(H,39,44)(H,42,43)/t27-,28?/m1/s1. The maximum atomic E-state index is 13.8. The van der Waals surface area contributed by atoms with Gasteiger partial charge in [0.05, 0.1) is 0 Å². The molecular formula is C34H42Cl2N4O6. The van der Waals surface area contributed by atoms with Gasteiger partial charge in [-0.05, 0) is 74.1 Å². The molecule has 2 aromatic carbocycles. The summed E-state index contributed by atoms with van der Waals surface area (Å²) in [6, 6.07) is 11.9. The van der Waals surface area contributed by atoms with Crippen LogP contribution in [0, 0.1) is 5.41 Å². The van der Waals surface area contributed by atoms with Crippen LogP contribution < -0.4 is 16.0 Å². The summed E-state index contributed by atoms with van der Waals surface area (Å²) in [4.78, 5) is 66.0. The number of carboxylic acids is 1. The largest absolute Gasteiger partial charge is 0.481 e. The van der Waals surface area contributed by atoms with Gasteiger partial charge in [0.15, 0.2) is 0 Å². The number of carboxylic acid groups (broad SMARTS) is 1. The zero-order valence-electron chi connectivity index (χ0n) is 25.9. The third-order valence-electron chi connectivity index (χ3n) is 9.04. The molecule has 4 N–H and O–H groups in total. The SMILES string of the molecule is O=C(O)CC[C@@H](NC(=O)CCC(NC(=O)c1cc(Cl)cc(Cl)c1)C(=O)N1CCC2(CCCC2)CC1)C(=O)NCCc1ccccc1. The molecule has 0 bridgehead atoms. The van der Waals surface area contributed by atoms with Crippen molar-refractivity contribution in [3.63, 3.8) is 0 Å². The lowest BCUT2D eigenvalue weighted by atomic mass is 9.77. The molecule has 1 aliphatic heterocycles. The summed E-state index contributed by atoms with van der Waals surface area (Å²) in [5.74, 6) is -2.94. The number of hydrogen-bond acceptors (Lipinski definition) is 5. The van der Waals surface area contributed by atoms with Crippen LogP contribution in [-0.2, 0) is 25.6 Å². The number of likely N-dealkylation sites (tertiary alicyclic amines) is 1. The number of piperidine rings is 1. The van der Waals surface area contributed by atoms with E-state index in [1.807, 2.05) is 30.3 Å². The minimum absolute atomic E-state index is 0.0202. The molecular weight excluding hydrogens is 631 g/mol. The Bertz CT molecular complexity index is 1370. The predicted octanol–water partition coefficient (Wildman–Crippen LogP) is 4.76. The van der Waals surface area contributed by atoms with Crippen LogP contribution in [0.2, 0.25) is 10.0 Å². The van der Waals surface area contributed by atoms with Gasteiger partial charge in [-0.3, -0.25) is 24.0 Å². The van der Waals surface area contributed by atoms with Crippen molar-refractivity contribution in [2.45, 2.75) is 82.7 Å². The van der Waals surface area contributed by atoms with Crippen LogP contribution in [0.1, 0.15) is 80.1 Å². The Morgan fingerprint density at radius 3 is 2.09 bits per heavy atom. The van der Waals surface area contributed by atoms with Crippen molar-refractivity contribution in [3.8, 4) is 0 Å². The molecule has 2 fully saturated rings. The molecule has 2 atom stereocenters. The fourth-order valence-electron chi connectivity index (χ4n) is 6.41.